The van der Waals surface area contributed by atoms with E-state index in [-0.39, 0.29) is 23.5 Å². The zero-order valence-corrected chi connectivity index (χ0v) is 11.6. The fourth-order valence-corrected chi connectivity index (χ4v) is 3.62. The van der Waals surface area contributed by atoms with Crippen LogP contribution in [0.1, 0.15) is 23.2 Å². The average Bonchev–Trinajstić information content (AvgIpc) is 2.41. The topological polar surface area (TPSA) is 72.5 Å². The highest BCUT2D eigenvalue weighted by Gasteiger charge is 2.23. The highest BCUT2D eigenvalue weighted by Crippen LogP contribution is 2.19. The number of anilines is 1. The van der Waals surface area contributed by atoms with Crippen LogP contribution in [0.15, 0.2) is 24.3 Å². The molecule has 0 bridgehead atoms. The monoisotopic (exact) mass is 283 g/mol. The van der Waals surface area contributed by atoms with Crippen molar-refractivity contribution in [3.8, 4) is 0 Å². The van der Waals surface area contributed by atoms with E-state index in [4.69, 9.17) is 0 Å². The van der Waals surface area contributed by atoms with E-state index in [1.165, 1.54) is 7.11 Å². The van der Waals surface area contributed by atoms with Crippen LogP contribution in [0.3, 0.4) is 0 Å². The van der Waals surface area contributed by atoms with Crippen molar-refractivity contribution in [3.05, 3.63) is 29.8 Å². The van der Waals surface area contributed by atoms with Crippen molar-refractivity contribution in [3.63, 3.8) is 0 Å². The molecule has 0 amide bonds. The molecule has 19 heavy (non-hydrogen) atoms. The largest absolute Gasteiger partial charge is 0.465 e. The molecular weight excluding hydrogens is 266 g/mol. The Morgan fingerprint density at radius 1 is 1.32 bits per heavy atom. The van der Waals surface area contributed by atoms with Crippen molar-refractivity contribution in [2.75, 3.05) is 23.9 Å². The Morgan fingerprint density at radius 3 is 2.63 bits per heavy atom. The molecule has 0 radical (unpaired) electrons. The Kier molecular flexibility index (Phi) is 4.09. The molecule has 2 rings (SSSR count). The van der Waals surface area contributed by atoms with Gasteiger partial charge in [-0.3, -0.25) is 0 Å². The number of rotatable bonds is 3. The standard InChI is InChI=1S/C13H17NO4S/c1-18-13(15)10-3-2-4-12(9-10)14-11-5-7-19(16,17)8-6-11/h2-4,9,11,14H,5-8H2,1H3. The predicted molar refractivity (Wildman–Crippen MR) is 73.1 cm³/mol. The van der Waals surface area contributed by atoms with Crippen molar-refractivity contribution in [2.45, 2.75) is 18.9 Å². The molecule has 1 aliphatic heterocycles. The van der Waals surface area contributed by atoms with Gasteiger partial charge in [-0.15, -0.1) is 0 Å². The van der Waals surface area contributed by atoms with Crippen LogP contribution in [-0.2, 0) is 14.6 Å². The minimum atomic E-state index is -2.85. The molecule has 5 nitrogen and oxygen atoms in total. The first-order valence-corrected chi connectivity index (χ1v) is 7.98. The molecule has 0 unspecified atom stereocenters. The molecule has 0 atom stereocenters. The number of hydrogen-bond acceptors (Lipinski definition) is 5. The summed E-state index contributed by atoms with van der Waals surface area (Å²) in [6.45, 7) is 0. The molecule has 1 aromatic rings. The fourth-order valence-electron chi connectivity index (χ4n) is 2.12. The molecule has 0 aliphatic carbocycles. The number of hydrogen-bond donors (Lipinski definition) is 1. The van der Waals surface area contributed by atoms with Gasteiger partial charge in [0.05, 0.1) is 24.2 Å². The predicted octanol–water partition coefficient (Wildman–Crippen LogP) is 1.46. The van der Waals surface area contributed by atoms with Crippen molar-refractivity contribution >= 4 is 21.5 Å². The van der Waals surface area contributed by atoms with Gasteiger partial charge >= 0.3 is 5.97 Å². The highest BCUT2D eigenvalue weighted by atomic mass is 32.2. The van der Waals surface area contributed by atoms with Crippen molar-refractivity contribution in [1.29, 1.82) is 0 Å². The lowest BCUT2D eigenvalue weighted by molar-refractivity contribution is 0.0601. The maximum atomic E-state index is 11.4. The van der Waals surface area contributed by atoms with Gasteiger partial charge in [0.15, 0.2) is 0 Å². The molecule has 1 heterocycles. The lowest BCUT2D eigenvalue weighted by Crippen LogP contribution is -2.32. The molecule has 0 spiro atoms. The van der Waals surface area contributed by atoms with Crippen molar-refractivity contribution < 1.29 is 17.9 Å². The third-order valence-electron chi connectivity index (χ3n) is 3.21. The van der Waals surface area contributed by atoms with Gasteiger partial charge in [-0.05, 0) is 31.0 Å². The molecule has 1 aromatic carbocycles. The van der Waals surface area contributed by atoms with Crippen LogP contribution in [-0.4, -0.2) is 39.0 Å². The Bertz CT molecular complexity index is 554. The number of nitrogens with one attached hydrogen (secondary N) is 1. The lowest BCUT2D eigenvalue weighted by Gasteiger charge is -2.24. The van der Waals surface area contributed by atoms with E-state index in [1.807, 2.05) is 6.07 Å². The molecule has 6 heteroatoms. The van der Waals surface area contributed by atoms with Crippen LogP contribution in [0.25, 0.3) is 0 Å². The SMILES string of the molecule is COC(=O)c1cccc(NC2CCS(=O)(=O)CC2)c1. The molecule has 1 fully saturated rings. The maximum Gasteiger partial charge on any atom is 0.337 e. The van der Waals surface area contributed by atoms with Gasteiger partial charge in [0.25, 0.3) is 0 Å². The second kappa shape index (κ2) is 5.61. The number of carbonyl (C=O) groups is 1. The van der Waals surface area contributed by atoms with E-state index in [0.29, 0.717) is 18.4 Å². The Hall–Kier alpha value is -1.56. The maximum absolute atomic E-state index is 11.4. The molecule has 1 N–H and O–H groups in total. The quantitative estimate of drug-likeness (QED) is 0.850. The van der Waals surface area contributed by atoms with Crippen molar-refractivity contribution in [1.82, 2.24) is 0 Å². The zero-order chi connectivity index (χ0) is 13.9. The van der Waals surface area contributed by atoms with Gasteiger partial charge in [-0.2, -0.15) is 0 Å². The summed E-state index contributed by atoms with van der Waals surface area (Å²) in [6.07, 6.45) is 1.20. The Labute approximate surface area is 112 Å². The van der Waals surface area contributed by atoms with Crippen LogP contribution in [0.5, 0.6) is 0 Å². The Balaban J connectivity index is 2.02. The first-order valence-electron chi connectivity index (χ1n) is 6.15. The molecule has 0 aromatic heterocycles. The summed E-state index contributed by atoms with van der Waals surface area (Å²) in [5.74, 6) is 0.0674. The zero-order valence-electron chi connectivity index (χ0n) is 10.8. The average molecular weight is 283 g/mol. The van der Waals surface area contributed by atoms with Crippen LogP contribution < -0.4 is 5.32 Å². The number of esters is 1. The second-order valence-electron chi connectivity index (χ2n) is 4.64. The fraction of sp³-hybridized carbons (Fsp3) is 0.462. The minimum Gasteiger partial charge on any atom is -0.465 e. The van der Waals surface area contributed by atoms with Gasteiger partial charge in [0, 0.05) is 11.7 Å². The third kappa shape index (κ3) is 3.70. The normalized spacial score (nSPS) is 18.8. The molecule has 104 valence electrons. The van der Waals surface area contributed by atoms with E-state index < -0.39 is 9.84 Å². The third-order valence-corrected chi connectivity index (χ3v) is 4.92. The first-order chi connectivity index (χ1) is 9.00. The van der Waals surface area contributed by atoms with Gasteiger partial charge in [-0.1, -0.05) is 6.07 Å². The number of ether oxygens (including phenoxy) is 1. The van der Waals surface area contributed by atoms with Crippen LogP contribution in [0.4, 0.5) is 5.69 Å². The van der Waals surface area contributed by atoms with Crippen LogP contribution >= 0.6 is 0 Å². The van der Waals surface area contributed by atoms with E-state index in [9.17, 15) is 13.2 Å². The summed E-state index contributed by atoms with van der Waals surface area (Å²) in [7, 11) is -1.51. The Morgan fingerprint density at radius 2 is 2.00 bits per heavy atom. The lowest BCUT2D eigenvalue weighted by atomic mass is 10.1. The molecule has 1 aliphatic rings. The number of methoxy groups -OCH3 is 1. The van der Waals surface area contributed by atoms with Gasteiger partial charge in [0.1, 0.15) is 9.84 Å². The highest BCUT2D eigenvalue weighted by molar-refractivity contribution is 7.91. The summed E-state index contributed by atoms with van der Waals surface area (Å²) >= 11 is 0. The number of carbonyl (C=O) groups excluding carboxylic acids is 1. The van der Waals surface area contributed by atoms with Gasteiger partial charge in [0.2, 0.25) is 0 Å². The summed E-state index contributed by atoms with van der Waals surface area (Å²) in [5.41, 5.74) is 1.29. The second-order valence-corrected chi connectivity index (χ2v) is 6.95. The van der Waals surface area contributed by atoms with E-state index in [0.717, 1.165) is 5.69 Å². The van der Waals surface area contributed by atoms with E-state index >= 15 is 0 Å². The van der Waals surface area contributed by atoms with Crippen LogP contribution in [0.2, 0.25) is 0 Å². The molecule has 1 saturated heterocycles. The minimum absolute atomic E-state index is 0.136. The van der Waals surface area contributed by atoms with Crippen LogP contribution in [0, 0.1) is 0 Å². The summed E-state index contributed by atoms with van der Waals surface area (Å²) in [4.78, 5) is 11.4. The van der Waals surface area contributed by atoms with Gasteiger partial charge in [-0.25, -0.2) is 13.2 Å². The summed E-state index contributed by atoms with van der Waals surface area (Å²) < 4.78 is 27.3. The summed E-state index contributed by atoms with van der Waals surface area (Å²) in [5, 5.41) is 3.27. The number of benzene rings is 1. The smallest absolute Gasteiger partial charge is 0.337 e. The first kappa shape index (κ1) is 13.9. The summed E-state index contributed by atoms with van der Waals surface area (Å²) in [6, 6.07) is 7.16. The number of sulfone groups is 1. The van der Waals surface area contributed by atoms with E-state index in [1.54, 1.807) is 18.2 Å². The van der Waals surface area contributed by atoms with Crippen molar-refractivity contribution in [2.24, 2.45) is 0 Å². The molecule has 0 saturated carbocycles. The van der Waals surface area contributed by atoms with Gasteiger partial charge < -0.3 is 10.1 Å². The van der Waals surface area contributed by atoms with E-state index in [2.05, 4.69) is 10.1 Å². The molecular formula is C13H17NO4S.